The van der Waals surface area contributed by atoms with Crippen molar-refractivity contribution in [3.63, 3.8) is 0 Å². The third kappa shape index (κ3) is 4.32. The number of aliphatic hydroxyl groups excluding tert-OH is 1. The molecule has 3 aromatic rings. The average molecular weight is 443 g/mol. The van der Waals surface area contributed by atoms with Crippen LogP contribution in [0.1, 0.15) is 29.7 Å². The van der Waals surface area contributed by atoms with Crippen molar-refractivity contribution in [1.29, 1.82) is 0 Å². The molecule has 168 valence electrons. The number of aliphatic hydroxyl groups is 1. The van der Waals surface area contributed by atoms with Crippen LogP contribution in [0.4, 0.5) is 0 Å². The molecule has 1 unspecified atom stereocenters. The molecule has 0 radical (unpaired) electrons. The number of likely N-dealkylation sites (tertiary alicyclic amines) is 1. The molecule has 4 rings (SSSR count). The zero-order chi connectivity index (χ0) is 23.4. The van der Waals surface area contributed by atoms with Crippen LogP contribution in [0.5, 0.6) is 11.5 Å². The minimum absolute atomic E-state index is 0.0604. The van der Waals surface area contributed by atoms with Crippen LogP contribution in [0.3, 0.4) is 0 Å². The number of para-hydroxylation sites is 1. The van der Waals surface area contributed by atoms with Crippen molar-refractivity contribution < 1.29 is 24.2 Å². The van der Waals surface area contributed by atoms with Crippen LogP contribution in [-0.2, 0) is 16.1 Å². The molecule has 0 aromatic heterocycles. The predicted octanol–water partition coefficient (Wildman–Crippen LogP) is 4.72. The Hall–Kier alpha value is -4.06. The average Bonchev–Trinajstić information content (AvgIpc) is 3.10. The predicted molar refractivity (Wildman–Crippen MR) is 125 cm³/mol. The van der Waals surface area contributed by atoms with Crippen molar-refractivity contribution in [2.24, 2.45) is 0 Å². The van der Waals surface area contributed by atoms with Gasteiger partial charge in [-0.05, 0) is 42.8 Å². The second-order valence-corrected chi connectivity index (χ2v) is 7.61. The van der Waals surface area contributed by atoms with Gasteiger partial charge in [0.05, 0.1) is 31.9 Å². The molecule has 6 heteroatoms. The molecule has 1 fully saturated rings. The van der Waals surface area contributed by atoms with Crippen LogP contribution in [0.15, 0.2) is 84.4 Å². The summed E-state index contributed by atoms with van der Waals surface area (Å²) in [5.41, 5.74) is 2.00. The number of rotatable bonds is 7. The first-order chi connectivity index (χ1) is 16.0. The highest BCUT2D eigenvalue weighted by atomic mass is 16.5. The lowest BCUT2D eigenvalue weighted by Crippen LogP contribution is -2.29. The lowest BCUT2D eigenvalue weighted by atomic mass is 9.95. The molecule has 1 saturated heterocycles. The smallest absolute Gasteiger partial charge is 0.295 e. The summed E-state index contributed by atoms with van der Waals surface area (Å²) in [6.45, 7) is 2.57. The molecular formula is C27H25NO5. The summed E-state index contributed by atoms with van der Waals surface area (Å²) in [5.74, 6) is -0.317. The molecule has 1 atom stereocenters. The largest absolute Gasteiger partial charge is 0.507 e. The normalized spacial score (nSPS) is 17.3. The van der Waals surface area contributed by atoms with Crippen LogP contribution in [0.25, 0.3) is 5.76 Å². The van der Waals surface area contributed by atoms with Crippen LogP contribution in [-0.4, -0.2) is 35.4 Å². The number of hydrogen-bond donors (Lipinski definition) is 1. The van der Waals surface area contributed by atoms with E-state index in [1.807, 2.05) is 61.5 Å². The van der Waals surface area contributed by atoms with E-state index in [1.165, 1.54) is 4.90 Å². The van der Waals surface area contributed by atoms with Crippen LogP contribution < -0.4 is 9.47 Å². The summed E-state index contributed by atoms with van der Waals surface area (Å²) >= 11 is 0. The van der Waals surface area contributed by atoms with Gasteiger partial charge in [-0.2, -0.15) is 0 Å². The van der Waals surface area contributed by atoms with Gasteiger partial charge in [0.1, 0.15) is 17.3 Å². The fraction of sp³-hybridized carbons (Fsp3) is 0.185. The van der Waals surface area contributed by atoms with Gasteiger partial charge in [-0.15, -0.1) is 0 Å². The zero-order valence-corrected chi connectivity index (χ0v) is 18.5. The molecule has 6 nitrogen and oxygen atoms in total. The highest BCUT2D eigenvalue weighted by molar-refractivity contribution is 6.46. The van der Waals surface area contributed by atoms with Crippen molar-refractivity contribution in [2.75, 3.05) is 13.7 Å². The number of ketones is 1. The number of Topliss-reactive ketones (excluding diaryl/α,β-unsaturated/α-hetero) is 1. The monoisotopic (exact) mass is 443 g/mol. The second kappa shape index (κ2) is 9.61. The summed E-state index contributed by atoms with van der Waals surface area (Å²) in [5, 5.41) is 11.2. The van der Waals surface area contributed by atoms with Gasteiger partial charge in [-0.1, -0.05) is 48.5 Å². The van der Waals surface area contributed by atoms with E-state index in [4.69, 9.17) is 9.47 Å². The molecule has 1 N–H and O–H groups in total. The minimum Gasteiger partial charge on any atom is -0.507 e. The second-order valence-electron chi connectivity index (χ2n) is 7.61. The summed E-state index contributed by atoms with van der Waals surface area (Å²) in [7, 11) is 1.56. The van der Waals surface area contributed by atoms with Crippen LogP contribution in [0.2, 0.25) is 0 Å². The van der Waals surface area contributed by atoms with Gasteiger partial charge in [0.25, 0.3) is 11.7 Å². The fourth-order valence-corrected chi connectivity index (χ4v) is 4.07. The molecule has 33 heavy (non-hydrogen) atoms. The maximum Gasteiger partial charge on any atom is 0.295 e. The molecule has 0 bridgehead atoms. The van der Waals surface area contributed by atoms with E-state index < -0.39 is 17.7 Å². The molecule has 0 spiro atoms. The first-order valence-corrected chi connectivity index (χ1v) is 10.7. The van der Waals surface area contributed by atoms with Gasteiger partial charge in [0.15, 0.2) is 0 Å². The summed E-state index contributed by atoms with van der Waals surface area (Å²) < 4.78 is 10.9. The van der Waals surface area contributed by atoms with Gasteiger partial charge in [0.2, 0.25) is 0 Å². The minimum atomic E-state index is -0.734. The Morgan fingerprint density at radius 3 is 2.27 bits per heavy atom. The Morgan fingerprint density at radius 1 is 0.939 bits per heavy atom. The molecule has 1 aliphatic heterocycles. The third-order valence-electron chi connectivity index (χ3n) is 5.63. The van der Waals surface area contributed by atoms with Crippen molar-refractivity contribution in [3.8, 4) is 11.5 Å². The lowest BCUT2D eigenvalue weighted by Gasteiger charge is -2.26. The maximum absolute atomic E-state index is 13.2. The Labute approximate surface area is 192 Å². The van der Waals surface area contributed by atoms with E-state index in [2.05, 4.69) is 0 Å². The van der Waals surface area contributed by atoms with Gasteiger partial charge in [-0.25, -0.2) is 0 Å². The number of nitrogens with zero attached hydrogens (tertiary/aromatic N) is 1. The van der Waals surface area contributed by atoms with Crippen molar-refractivity contribution in [2.45, 2.75) is 19.5 Å². The van der Waals surface area contributed by atoms with Crippen LogP contribution in [0, 0.1) is 0 Å². The first kappa shape index (κ1) is 22.1. The standard InChI is InChI=1S/C27H25NO5/c1-3-33-21-15-13-19(14-16-21)25(29)23-24(18-9-5-4-6-10-18)28(27(31)26(23)30)17-20-11-7-8-12-22(20)32-2/h4-16,24,29H,3,17H2,1-2H3/b25-23+. The van der Waals surface area contributed by atoms with Crippen LogP contribution >= 0.6 is 0 Å². The zero-order valence-electron chi connectivity index (χ0n) is 18.5. The first-order valence-electron chi connectivity index (χ1n) is 10.7. The molecule has 1 aliphatic rings. The van der Waals surface area contributed by atoms with Gasteiger partial charge in [-0.3, -0.25) is 9.59 Å². The number of hydrogen-bond acceptors (Lipinski definition) is 5. The summed E-state index contributed by atoms with van der Waals surface area (Å²) in [6.07, 6.45) is 0. The fourth-order valence-electron chi connectivity index (χ4n) is 4.07. The van der Waals surface area contributed by atoms with E-state index >= 15 is 0 Å². The number of carbonyl (C=O) groups excluding carboxylic acids is 2. The van der Waals surface area contributed by atoms with E-state index in [9.17, 15) is 14.7 Å². The summed E-state index contributed by atoms with van der Waals surface area (Å²) in [6, 6.07) is 22.7. The SMILES string of the molecule is CCOc1ccc(/C(O)=C2\C(=O)C(=O)N(Cc3ccccc3OC)C2c2ccccc2)cc1. The highest BCUT2D eigenvalue weighted by Gasteiger charge is 2.46. The topological polar surface area (TPSA) is 76.1 Å². The molecular weight excluding hydrogens is 418 g/mol. The number of ether oxygens (including phenoxy) is 2. The molecule has 3 aromatic carbocycles. The van der Waals surface area contributed by atoms with Crippen molar-refractivity contribution >= 4 is 17.4 Å². The number of amides is 1. The van der Waals surface area contributed by atoms with E-state index in [-0.39, 0.29) is 17.9 Å². The van der Waals surface area contributed by atoms with Crippen molar-refractivity contribution in [3.05, 3.63) is 101 Å². The molecule has 0 saturated carbocycles. The van der Waals surface area contributed by atoms with Gasteiger partial charge >= 0.3 is 0 Å². The van der Waals surface area contributed by atoms with E-state index in [0.717, 1.165) is 11.1 Å². The lowest BCUT2D eigenvalue weighted by molar-refractivity contribution is -0.140. The Bertz CT molecular complexity index is 1180. The Kier molecular flexibility index (Phi) is 6.45. The van der Waals surface area contributed by atoms with E-state index in [0.29, 0.717) is 23.7 Å². The molecule has 1 amide bonds. The van der Waals surface area contributed by atoms with Crippen molar-refractivity contribution in [1.82, 2.24) is 4.90 Å². The summed E-state index contributed by atoms with van der Waals surface area (Å²) in [4.78, 5) is 27.8. The van der Waals surface area contributed by atoms with Gasteiger partial charge < -0.3 is 19.5 Å². The molecule has 1 heterocycles. The number of methoxy groups -OCH3 is 1. The van der Waals surface area contributed by atoms with Gasteiger partial charge in [0, 0.05) is 11.1 Å². The third-order valence-corrected chi connectivity index (χ3v) is 5.63. The highest BCUT2D eigenvalue weighted by Crippen LogP contribution is 2.41. The maximum atomic E-state index is 13.2. The number of benzene rings is 3. The number of carbonyl (C=O) groups is 2. The quantitative estimate of drug-likeness (QED) is 0.325. The Balaban J connectivity index is 1.81. The van der Waals surface area contributed by atoms with E-state index in [1.54, 1.807) is 31.4 Å². The Morgan fingerprint density at radius 2 is 1.61 bits per heavy atom. The molecule has 0 aliphatic carbocycles.